The molecule has 1 aliphatic carbocycles. The van der Waals surface area contributed by atoms with E-state index in [1.165, 1.54) is 29.4 Å². The van der Waals surface area contributed by atoms with Crippen LogP contribution in [0.2, 0.25) is 0 Å². The van der Waals surface area contributed by atoms with E-state index in [0.29, 0.717) is 25.8 Å². The van der Waals surface area contributed by atoms with Crippen molar-refractivity contribution >= 4 is 11.9 Å². The Bertz CT molecular complexity index is 1090. The molecule has 5 heteroatoms. The van der Waals surface area contributed by atoms with Gasteiger partial charge in [-0.3, -0.25) is 9.59 Å². The van der Waals surface area contributed by atoms with Gasteiger partial charge in [0, 0.05) is 18.8 Å². The molecule has 0 saturated carbocycles. The van der Waals surface area contributed by atoms with E-state index >= 15 is 0 Å². The zero-order chi connectivity index (χ0) is 22.6. The third kappa shape index (κ3) is 3.24. The number of carbonyl (C=O) groups excluding carboxylic acids is 2. The van der Waals surface area contributed by atoms with Gasteiger partial charge in [0.05, 0.1) is 25.8 Å². The standard InChI is InChI=1S/C28H29NO4/c1-32-26(31)13-12-22-23-16-25(30)29(17-28(23)15-14-24(22)33-28)27-20-8-4-2-6-18(20)10-11-19-7-3-5-9-21(19)27/h2-9,14-15,22-24,27H,10-13,16-17H2,1H3/t22-,23-,24-,28-/m1/s1. The number of methoxy groups -OCH3 is 1. The highest BCUT2D eigenvalue weighted by Gasteiger charge is 2.60. The molecule has 2 fully saturated rings. The summed E-state index contributed by atoms with van der Waals surface area (Å²) in [6.07, 6.45) is 7.77. The number of hydrogen-bond acceptors (Lipinski definition) is 4. The number of amides is 1. The van der Waals surface area contributed by atoms with E-state index in [2.05, 4.69) is 65.6 Å². The van der Waals surface area contributed by atoms with Gasteiger partial charge in [-0.15, -0.1) is 0 Å². The number of benzene rings is 2. The van der Waals surface area contributed by atoms with Crippen molar-refractivity contribution in [1.82, 2.24) is 4.90 Å². The summed E-state index contributed by atoms with van der Waals surface area (Å²) >= 11 is 0. The minimum Gasteiger partial charge on any atom is -0.469 e. The molecule has 3 heterocycles. The van der Waals surface area contributed by atoms with Gasteiger partial charge in [0.25, 0.3) is 0 Å². The van der Waals surface area contributed by atoms with Crippen LogP contribution in [0.1, 0.15) is 47.6 Å². The number of fused-ring (bicyclic) bond motifs is 3. The molecule has 6 rings (SSSR count). The topological polar surface area (TPSA) is 55.8 Å². The van der Waals surface area contributed by atoms with E-state index in [4.69, 9.17) is 9.47 Å². The van der Waals surface area contributed by atoms with Crippen LogP contribution < -0.4 is 0 Å². The van der Waals surface area contributed by atoms with E-state index in [-0.39, 0.29) is 35.9 Å². The lowest BCUT2D eigenvalue weighted by atomic mass is 9.69. The lowest BCUT2D eigenvalue weighted by Gasteiger charge is -2.46. The SMILES string of the molecule is COC(=O)CC[C@@H]1[C@H]2CC(=O)N(C3c4ccccc4CCc4ccccc43)C[C@]23C=C[C@H]1O3. The van der Waals surface area contributed by atoms with Crippen molar-refractivity contribution in [3.8, 4) is 0 Å². The molecule has 3 aliphatic heterocycles. The van der Waals surface area contributed by atoms with Gasteiger partial charge in [0.15, 0.2) is 0 Å². The van der Waals surface area contributed by atoms with E-state index in [9.17, 15) is 9.59 Å². The van der Waals surface area contributed by atoms with E-state index in [0.717, 1.165) is 12.8 Å². The number of aryl methyl sites for hydroxylation is 2. The molecule has 2 aromatic rings. The van der Waals surface area contributed by atoms with Crippen LogP contribution in [-0.2, 0) is 31.9 Å². The molecule has 0 aromatic heterocycles. The second-order valence-electron chi connectivity index (χ2n) is 9.81. The molecule has 1 spiro atoms. The summed E-state index contributed by atoms with van der Waals surface area (Å²) in [7, 11) is 1.42. The molecule has 170 valence electrons. The minimum atomic E-state index is -0.463. The molecule has 2 bridgehead atoms. The zero-order valence-electron chi connectivity index (χ0n) is 18.9. The molecule has 33 heavy (non-hydrogen) atoms. The maximum absolute atomic E-state index is 13.7. The first-order valence-corrected chi connectivity index (χ1v) is 12.0. The fraction of sp³-hybridized carbons (Fsp3) is 0.429. The van der Waals surface area contributed by atoms with Crippen LogP contribution in [0.15, 0.2) is 60.7 Å². The average molecular weight is 444 g/mol. The fourth-order valence-corrected chi connectivity index (χ4v) is 6.63. The second kappa shape index (κ2) is 7.84. The number of ether oxygens (including phenoxy) is 2. The van der Waals surface area contributed by atoms with Gasteiger partial charge in [-0.05, 0) is 47.4 Å². The van der Waals surface area contributed by atoms with E-state index in [1.807, 2.05) is 0 Å². The Morgan fingerprint density at radius 2 is 1.76 bits per heavy atom. The van der Waals surface area contributed by atoms with Crippen LogP contribution in [-0.4, -0.2) is 42.1 Å². The monoisotopic (exact) mass is 443 g/mol. The lowest BCUT2D eigenvalue weighted by Crippen LogP contribution is -2.55. The molecular weight excluding hydrogens is 414 g/mol. The third-order valence-corrected chi connectivity index (χ3v) is 8.21. The van der Waals surface area contributed by atoms with Crippen LogP contribution in [0.4, 0.5) is 0 Å². The molecule has 4 aliphatic rings. The van der Waals surface area contributed by atoms with Crippen molar-refractivity contribution in [1.29, 1.82) is 0 Å². The second-order valence-corrected chi connectivity index (χ2v) is 9.81. The number of rotatable bonds is 4. The highest BCUT2D eigenvalue weighted by atomic mass is 16.5. The van der Waals surface area contributed by atoms with Crippen LogP contribution in [0.5, 0.6) is 0 Å². The normalized spacial score (nSPS) is 29.9. The van der Waals surface area contributed by atoms with Gasteiger partial charge in [-0.25, -0.2) is 0 Å². The summed E-state index contributed by atoms with van der Waals surface area (Å²) < 4.78 is 11.4. The first-order chi connectivity index (χ1) is 16.1. The van der Waals surface area contributed by atoms with Crippen LogP contribution in [0.25, 0.3) is 0 Å². The number of piperidine rings is 1. The smallest absolute Gasteiger partial charge is 0.305 e. The molecule has 4 atom stereocenters. The van der Waals surface area contributed by atoms with Gasteiger partial charge in [0.1, 0.15) is 5.60 Å². The predicted molar refractivity (Wildman–Crippen MR) is 123 cm³/mol. The van der Waals surface area contributed by atoms with Gasteiger partial charge in [-0.2, -0.15) is 0 Å². The van der Waals surface area contributed by atoms with Crippen LogP contribution >= 0.6 is 0 Å². The maximum Gasteiger partial charge on any atom is 0.305 e. The lowest BCUT2D eigenvalue weighted by molar-refractivity contribution is -0.146. The summed E-state index contributed by atoms with van der Waals surface area (Å²) in [6.45, 7) is 0.547. The maximum atomic E-state index is 13.7. The Hall–Kier alpha value is -2.92. The van der Waals surface area contributed by atoms with Crippen molar-refractivity contribution < 1.29 is 19.1 Å². The Morgan fingerprint density at radius 3 is 2.42 bits per heavy atom. The van der Waals surface area contributed by atoms with Crippen molar-refractivity contribution in [2.45, 2.75) is 49.9 Å². The molecule has 0 N–H and O–H groups in total. The molecular formula is C28H29NO4. The average Bonchev–Trinajstić information content (AvgIpc) is 3.32. The van der Waals surface area contributed by atoms with Gasteiger partial charge in [0.2, 0.25) is 5.91 Å². The predicted octanol–water partition coefficient (Wildman–Crippen LogP) is 4.00. The first kappa shape index (κ1) is 20.7. The number of nitrogens with zero attached hydrogens (tertiary/aromatic N) is 1. The van der Waals surface area contributed by atoms with E-state index < -0.39 is 5.60 Å². The number of likely N-dealkylation sites (tertiary alicyclic amines) is 1. The van der Waals surface area contributed by atoms with Crippen LogP contribution in [0, 0.1) is 11.8 Å². The highest BCUT2D eigenvalue weighted by Crippen LogP contribution is 2.54. The summed E-state index contributed by atoms with van der Waals surface area (Å²) in [5, 5.41) is 0. The minimum absolute atomic E-state index is 0.0267. The zero-order valence-corrected chi connectivity index (χ0v) is 18.9. The molecule has 0 unspecified atom stereocenters. The van der Waals surface area contributed by atoms with Gasteiger partial charge < -0.3 is 14.4 Å². The van der Waals surface area contributed by atoms with Gasteiger partial charge in [-0.1, -0.05) is 60.7 Å². The Balaban J connectivity index is 1.36. The Labute approximate surface area is 194 Å². The largest absolute Gasteiger partial charge is 0.469 e. The number of hydrogen-bond donors (Lipinski definition) is 0. The van der Waals surface area contributed by atoms with Crippen molar-refractivity contribution in [3.63, 3.8) is 0 Å². The van der Waals surface area contributed by atoms with Crippen LogP contribution in [0.3, 0.4) is 0 Å². The summed E-state index contributed by atoms with van der Waals surface area (Å²) in [4.78, 5) is 27.6. The summed E-state index contributed by atoms with van der Waals surface area (Å²) in [5.41, 5.74) is 4.62. The van der Waals surface area contributed by atoms with E-state index in [1.54, 1.807) is 0 Å². The molecule has 1 amide bonds. The third-order valence-electron chi connectivity index (χ3n) is 8.21. The van der Waals surface area contributed by atoms with Crippen molar-refractivity contribution in [2.24, 2.45) is 11.8 Å². The Kier molecular flexibility index (Phi) is 4.91. The number of esters is 1. The number of carbonyl (C=O) groups is 2. The fourth-order valence-electron chi connectivity index (χ4n) is 6.63. The highest BCUT2D eigenvalue weighted by molar-refractivity contribution is 5.80. The Morgan fingerprint density at radius 1 is 1.09 bits per heavy atom. The molecule has 0 radical (unpaired) electrons. The summed E-state index contributed by atoms with van der Waals surface area (Å²) in [6, 6.07) is 17.0. The molecule has 2 saturated heterocycles. The quantitative estimate of drug-likeness (QED) is 0.530. The molecule has 5 nitrogen and oxygen atoms in total. The van der Waals surface area contributed by atoms with Crippen molar-refractivity contribution in [2.75, 3.05) is 13.7 Å². The molecule has 2 aromatic carbocycles. The summed E-state index contributed by atoms with van der Waals surface area (Å²) in [5.74, 6) is 0.257. The first-order valence-electron chi connectivity index (χ1n) is 12.0. The van der Waals surface area contributed by atoms with Gasteiger partial charge >= 0.3 is 5.97 Å². The van der Waals surface area contributed by atoms with Crippen molar-refractivity contribution in [3.05, 3.63) is 82.9 Å².